The van der Waals surface area contributed by atoms with Crippen molar-refractivity contribution < 1.29 is 4.74 Å². The molecule has 0 aromatic heterocycles. The molecule has 0 saturated carbocycles. The van der Waals surface area contributed by atoms with Gasteiger partial charge in [0.05, 0.1) is 0 Å². The second-order valence-corrected chi connectivity index (χ2v) is 6.69. The van der Waals surface area contributed by atoms with Crippen molar-refractivity contribution in [3.63, 3.8) is 0 Å². The van der Waals surface area contributed by atoms with Gasteiger partial charge in [-0.05, 0) is 31.5 Å². The maximum atomic E-state index is 5.75. The molecular weight excluding hydrogens is 324 g/mol. The number of hydrogen-bond donors (Lipinski definition) is 1. The number of likely N-dealkylation sites (tertiary alicyclic amines) is 1. The minimum atomic E-state index is 0.519. The molecule has 0 radical (unpaired) electrons. The standard InChI is InChI=1S/C21H34N4O/c1-5-14-26-20-11-9-8-10-19(20)15-23-21(22-4)25-13-12-18(17-25)16-24(6-2)7-3/h5,8-11,18H,1,6-7,12-17H2,2-4H3,(H,22,23). The lowest BCUT2D eigenvalue weighted by molar-refractivity contribution is 0.255. The highest BCUT2D eigenvalue weighted by Crippen LogP contribution is 2.20. The van der Waals surface area contributed by atoms with Crippen LogP contribution < -0.4 is 10.1 Å². The topological polar surface area (TPSA) is 40.1 Å². The average Bonchev–Trinajstić information content (AvgIpc) is 3.14. The van der Waals surface area contributed by atoms with Crippen molar-refractivity contribution in [3.05, 3.63) is 42.5 Å². The van der Waals surface area contributed by atoms with Crippen molar-refractivity contribution in [2.24, 2.45) is 10.9 Å². The fourth-order valence-corrected chi connectivity index (χ4v) is 3.47. The summed E-state index contributed by atoms with van der Waals surface area (Å²) in [6.45, 7) is 15.0. The molecule has 1 aromatic rings. The molecule has 1 aliphatic rings. The van der Waals surface area contributed by atoms with Crippen LogP contribution in [0.15, 0.2) is 41.9 Å². The van der Waals surface area contributed by atoms with Gasteiger partial charge in [-0.3, -0.25) is 4.99 Å². The normalized spacial score (nSPS) is 17.6. The van der Waals surface area contributed by atoms with E-state index in [0.717, 1.165) is 49.4 Å². The Balaban J connectivity index is 1.90. The Hall–Kier alpha value is -2.01. The molecule has 5 heteroatoms. The lowest BCUT2D eigenvalue weighted by Gasteiger charge is -2.24. The Labute approximate surface area is 158 Å². The summed E-state index contributed by atoms with van der Waals surface area (Å²) < 4.78 is 5.75. The fourth-order valence-electron chi connectivity index (χ4n) is 3.47. The summed E-state index contributed by atoms with van der Waals surface area (Å²) in [4.78, 5) is 9.38. The molecule has 1 heterocycles. The van der Waals surface area contributed by atoms with Crippen LogP contribution in [-0.2, 0) is 6.54 Å². The minimum Gasteiger partial charge on any atom is -0.489 e. The van der Waals surface area contributed by atoms with E-state index in [9.17, 15) is 0 Å². The number of rotatable bonds is 9. The second-order valence-electron chi connectivity index (χ2n) is 6.69. The van der Waals surface area contributed by atoms with Crippen molar-refractivity contribution in [1.29, 1.82) is 0 Å². The Morgan fingerprint density at radius 2 is 2.15 bits per heavy atom. The SMILES string of the molecule is C=CCOc1ccccc1CNC(=NC)N1CCC(CN(CC)CC)C1. The smallest absolute Gasteiger partial charge is 0.193 e. The van der Waals surface area contributed by atoms with Gasteiger partial charge in [0, 0.05) is 38.8 Å². The van der Waals surface area contributed by atoms with Gasteiger partial charge in [-0.2, -0.15) is 0 Å². The van der Waals surface area contributed by atoms with Gasteiger partial charge in [0.15, 0.2) is 5.96 Å². The number of nitrogens with one attached hydrogen (secondary N) is 1. The molecule has 5 nitrogen and oxygen atoms in total. The molecule has 1 fully saturated rings. The Morgan fingerprint density at radius 1 is 1.38 bits per heavy atom. The maximum absolute atomic E-state index is 5.75. The second kappa shape index (κ2) is 10.9. The highest BCUT2D eigenvalue weighted by Gasteiger charge is 2.25. The van der Waals surface area contributed by atoms with Crippen LogP contribution in [0.2, 0.25) is 0 Å². The predicted octanol–water partition coefficient (Wildman–Crippen LogP) is 2.99. The zero-order valence-corrected chi connectivity index (χ0v) is 16.6. The summed E-state index contributed by atoms with van der Waals surface area (Å²) in [7, 11) is 1.86. The zero-order valence-electron chi connectivity index (χ0n) is 16.6. The third-order valence-electron chi connectivity index (χ3n) is 4.97. The zero-order chi connectivity index (χ0) is 18.8. The van der Waals surface area contributed by atoms with Crippen LogP contribution in [0.25, 0.3) is 0 Å². The number of guanidine groups is 1. The van der Waals surface area contributed by atoms with E-state index in [0.29, 0.717) is 13.2 Å². The van der Waals surface area contributed by atoms with E-state index in [1.54, 1.807) is 6.08 Å². The number of benzene rings is 1. The number of hydrogen-bond acceptors (Lipinski definition) is 3. The Kier molecular flexibility index (Phi) is 8.48. The highest BCUT2D eigenvalue weighted by atomic mass is 16.5. The molecule has 1 aromatic carbocycles. The third-order valence-corrected chi connectivity index (χ3v) is 4.97. The van der Waals surface area contributed by atoms with Crippen LogP contribution in [0.1, 0.15) is 25.8 Å². The van der Waals surface area contributed by atoms with E-state index >= 15 is 0 Å². The number of ether oxygens (including phenoxy) is 1. The van der Waals surface area contributed by atoms with E-state index in [-0.39, 0.29) is 0 Å². The molecule has 1 unspecified atom stereocenters. The highest BCUT2D eigenvalue weighted by molar-refractivity contribution is 5.80. The molecule has 0 aliphatic carbocycles. The van der Waals surface area contributed by atoms with Gasteiger partial charge >= 0.3 is 0 Å². The summed E-state index contributed by atoms with van der Waals surface area (Å²) >= 11 is 0. The van der Waals surface area contributed by atoms with E-state index in [4.69, 9.17) is 4.74 Å². The van der Waals surface area contributed by atoms with Gasteiger partial charge in [-0.1, -0.05) is 44.7 Å². The summed E-state index contributed by atoms with van der Waals surface area (Å²) in [5.74, 6) is 2.60. The Morgan fingerprint density at radius 3 is 2.85 bits per heavy atom. The van der Waals surface area contributed by atoms with Crippen molar-refractivity contribution in [1.82, 2.24) is 15.1 Å². The van der Waals surface area contributed by atoms with Crippen molar-refractivity contribution in [2.75, 3.05) is 46.4 Å². The first kappa shape index (κ1) is 20.3. The van der Waals surface area contributed by atoms with Gasteiger partial charge in [-0.15, -0.1) is 0 Å². The largest absolute Gasteiger partial charge is 0.489 e. The summed E-state index contributed by atoms with van der Waals surface area (Å²) in [5.41, 5.74) is 1.13. The van der Waals surface area contributed by atoms with E-state index in [1.165, 1.54) is 13.0 Å². The van der Waals surface area contributed by atoms with E-state index in [2.05, 4.69) is 46.6 Å². The quantitative estimate of drug-likeness (QED) is 0.418. The van der Waals surface area contributed by atoms with E-state index < -0.39 is 0 Å². The molecule has 0 bridgehead atoms. The fraction of sp³-hybridized carbons (Fsp3) is 0.571. The molecule has 0 amide bonds. The predicted molar refractivity (Wildman–Crippen MR) is 110 cm³/mol. The van der Waals surface area contributed by atoms with Gasteiger partial charge in [-0.25, -0.2) is 0 Å². The minimum absolute atomic E-state index is 0.519. The van der Waals surface area contributed by atoms with Crippen molar-refractivity contribution in [2.45, 2.75) is 26.8 Å². The van der Waals surface area contributed by atoms with Crippen molar-refractivity contribution in [3.8, 4) is 5.75 Å². The van der Waals surface area contributed by atoms with Crippen LogP contribution in [0.4, 0.5) is 0 Å². The van der Waals surface area contributed by atoms with Gasteiger partial charge in [0.2, 0.25) is 0 Å². The lowest BCUT2D eigenvalue weighted by atomic mass is 10.1. The number of para-hydroxylation sites is 1. The van der Waals surface area contributed by atoms with Crippen LogP contribution in [0.3, 0.4) is 0 Å². The van der Waals surface area contributed by atoms with Crippen LogP contribution >= 0.6 is 0 Å². The summed E-state index contributed by atoms with van der Waals surface area (Å²) in [6.07, 6.45) is 3.00. The van der Waals surface area contributed by atoms with Crippen LogP contribution in [0, 0.1) is 5.92 Å². The van der Waals surface area contributed by atoms with Crippen molar-refractivity contribution >= 4 is 5.96 Å². The molecular formula is C21H34N4O. The van der Waals surface area contributed by atoms with Gasteiger partial charge in [0.1, 0.15) is 12.4 Å². The first-order valence-electron chi connectivity index (χ1n) is 9.71. The molecule has 1 N–H and O–H groups in total. The van der Waals surface area contributed by atoms with Gasteiger partial charge < -0.3 is 19.9 Å². The van der Waals surface area contributed by atoms with Crippen LogP contribution in [0.5, 0.6) is 5.75 Å². The monoisotopic (exact) mass is 358 g/mol. The molecule has 1 aliphatic heterocycles. The number of aliphatic imine (C=N–C) groups is 1. The molecule has 1 atom stereocenters. The molecule has 1 saturated heterocycles. The maximum Gasteiger partial charge on any atom is 0.193 e. The molecule has 2 rings (SSSR count). The molecule has 0 spiro atoms. The first-order valence-corrected chi connectivity index (χ1v) is 9.71. The van der Waals surface area contributed by atoms with Gasteiger partial charge in [0.25, 0.3) is 0 Å². The number of nitrogens with zero attached hydrogens (tertiary/aromatic N) is 3. The average molecular weight is 359 g/mol. The molecule has 144 valence electrons. The first-order chi connectivity index (χ1) is 12.7. The summed E-state index contributed by atoms with van der Waals surface area (Å²) in [5, 5.41) is 3.50. The Bertz CT molecular complexity index is 583. The van der Waals surface area contributed by atoms with E-state index in [1.807, 2.05) is 25.2 Å². The molecule has 26 heavy (non-hydrogen) atoms. The lowest BCUT2D eigenvalue weighted by Crippen LogP contribution is -2.40. The third kappa shape index (κ3) is 5.77. The van der Waals surface area contributed by atoms with Crippen LogP contribution in [-0.4, -0.2) is 62.1 Å². The summed E-state index contributed by atoms with van der Waals surface area (Å²) in [6, 6.07) is 8.12.